The maximum absolute atomic E-state index is 12.9. The summed E-state index contributed by atoms with van der Waals surface area (Å²) in [6, 6.07) is 10.2. The number of rotatable bonds is 4. The minimum atomic E-state index is -0.744. The molecule has 6 nitrogen and oxygen atoms in total. The molecule has 0 spiro atoms. The van der Waals surface area contributed by atoms with Crippen molar-refractivity contribution in [3.63, 3.8) is 0 Å². The first-order valence-corrected chi connectivity index (χ1v) is 8.00. The molecule has 1 aliphatic rings. The number of carbonyl (C=O) groups is 2. The average molecular weight is 353 g/mol. The fourth-order valence-corrected chi connectivity index (χ4v) is 3.05. The first kappa shape index (κ1) is 17.5. The van der Waals surface area contributed by atoms with Crippen LogP contribution in [0.5, 0.6) is 11.5 Å². The molecule has 2 amide bonds. The summed E-state index contributed by atoms with van der Waals surface area (Å²) in [5, 5.41) is 10.3. The molecule has 26 heavy (non-hydrogen) atoms. The lowest BCUT2D eigenvalue weighted by Gasteiger charge is -2.17. The van der Waals surface area contributed by atoms with E-state index >= 15 is 0 Å². The molecule has 0 atom stereocenters. The van der Waals surface area contributed by atoms with E-state index in [0.29, 0.717) is 22.7 Å². The number of imide groups is 1. The Morgan fingerprint density at radius 2 is 1.58 bits per heavy atom. The molecular weight excluding hydrogens is 334 g/mol. The second-order valence-electron chi connectivity index (χ2n) is 6.03. The van der Waals surface area contributed by atoms with Crippen LogP contribution in [-0.4, -0.2) is 31.1 Å². The Hall–Kier alpha value is -3.28. The third-order valence-electron chi connectivity index (χ3n) is 4.32. The number of aryl methyl sites for hydroxylation is 2. The van der Waals surface area contributed by atoms with Crippen LogP contribution in [0, 0.1) is 13.8 Å². The Morgan fingerprint density at radius 3 is 2.19 bits per heavy atom. The maximum Gasteiger partial charge on any atom is 0.301 e. The molecule has 1 N–H and O–H groups in total. The van der Waals surface area contributed by atoms with Gasteiger partial charge in [-0.3, -0.25) is 9.59 Å². The highest BCUT2D eigenvalue weighted by atomic mass is 16.5. The van der Waals surface area contributed by atoms with Crippen molar-refractivity contribution in [2.24, 2.45) is 0 Å². The normalized spacial score (nSPS) is 14.2. The average Bonchev–Trinajstić information content (AvgIpc) is 2.84. The van der Waals surface area contributed by atoms with Crippen LogP contribution in [0.1, 0.15) is 16.7 Å². The molecule has 0 unspecified atom stereocenters. The summed E-state index contributed by atoms with van der Waals surface area (Å²) >= 11 is 0. The maximum atomic E-state index is 12.9. The zero-order valence-electron chi connectivity index (χ0n) is 15.0. The molecule has 0 saturated carbocycles. The lowest BCUT2D eigenvalue weighted by Crippen LogP contribution is -2.32. The lowest BCUT2D eigenvalue weighted by molar-refractivity contribution is -0.121. The molecule has 134 valence electrons. The summed E-state index contributed by atoms with van der Waals surface area (Å²) in [5.41, 5.74) is 2.56. The van der Waals surface area contributed by atoms with Gasteiger partial charge in [-0.05, 0) is 43.2 Å². The van der Waals surface area contributed by atoms with Crippen LogP contribution in [-0.2, 0) is 9.59 Å². The van der Waals surface area contributed by atoms with Crippen LogP contribution >= 0.6 is 0 Å². The fraction of sp³-hybridized carbons (Fsp3) is 0.200. The van der Waals surface area contributed by atoms with Crippen LogP contribution in [0.3, 0.4) is 0 Å². The van der Waals surface area contributed by atoms with Gasteiger partial charge in [0, 0.05) is 0 Å². The van der Waals surface area contributed by atoms with E-state index in [1.807, 2.05) is 26.0 Å². The molecule has 0 aromatic heterocycles. The van der Waals surface area contributed by atoms with Crippen molar-refractivity contribution in [1.29, 1.82) is 0 Å². The molecule has 0 saturated heterocycles. The number of ether oxygens (including phenoxy) is 2. The van der Waals surface area contributed by atoms with Crippen LogP contribution in [0.25, 0.3) is 5.57 Å². The van der Waals surface area contributed by atoms with Gasteiger partial charge in [-0.15, -0.1) is 0 Å². The number of carbonyl (C=O) groups excluding carboxylic acids is 2. The Morgan fingerprint density at radius 1 is 0.885 bits per heavy atom. The Bertz CT molecular complexity index is 945. The quantitative estimate of drug-likeness (QED) is 0.855. The standard InChI is InChI=1S/C20H19NO5/c1-11-5-7-14(12(2)9-11)21-19(23)17(18(22)20(21)24)13-6-8-15(25-3)16(10-13)26-4/h5-10,22H,1-4H3. The number of nitrogens with zero attached hydrogens (tertiary/aromatic N) is 1. The molecule has 6 heteroatoms. The minimum Gasteiger partial charge on any atom is -0.502 e. The number of hydrogen-bond acceptors (Lipinski definition) is 5. The van der Waals surface area contributed by atoms with Gasteiger partial charge in [0.25, 0.3) is 5.91 Å². The highest BCUT2D eigenvalue weighted by Gasteiger charge is 2.41. The van der Waals surface area contributed by atoms with Crippen LogP contribution in [0.15, 0.2) is 42.2 Å². The molecule has 1 heterocycles. The molecule has 3 rings (SSSR count). The zero-order valence-corrected chi connectivity index (χ0v) is 15.0. The number of methoxy groups -OCH3 is 2. The molecule has 2 aromatic rings. The van der Waals surface area contributed by atoms with E-state index in [1.165, 1.54) is 14.2 Å². The van der Waals surface area contributed by atoms with Crippen molar-refractivity contribution in [1.82, 2.24) is 0 Å². The summed E-state index contributed by atoms with van der Waals surface area (Å²) in [6.45, 7) is 3.74. The second kappa shape index (κ2) is 6.55. The summed E-state index contributed by atoms with van der Waals surface area (Å²) < 4.78 is 10.4. The molecule has 0 aliphatic carbocycles. The summed E-state index contributed by atoms with van der Waals surface area (Å²) in [7, 11) is 2.97. The highest BCUT2D eigenvalue weighted by Crippen LogP contribution is 2.37. The minimum absolute atomic E-state index is 0.0593. The topological polar surface area (TPSA) is 76.1 Å². The van der Waals surface area contributed by atoms with Crippen molar-refractivity contribution in [3.8, 4) is 11.5 Å². The molecule has 2 aromatic carbocycles. The number of aliphatic hydroxyl groups excluding tert-OH is 1. The zero-order chi connectivity index (χ0) is 19.0. The van der Waals surface area contributed by atoms with Gasteiger partial charge in [0.15, 0.2) is 17.3 Å². The van der Waals surface area contributed by atoms with Gasteiger partial charge in [0.2, 0.25) is 0 Å². The second-order valence-corrected chi connectivity index (χ2v) is 6.03. The van der Waals surface area contributed by atoms with E-state index in [0.717, 1.165) is 16.0 Å². The monoisotopic (exact) mass is 353 g/mol. The van der Waals surface area contributed by atoms with Gasteiger partial charge in [0.1, 0.15) is 0 Å². The van der Waals surface area contributed by atoms with Gasteiger partial charge >= 0.3 is 5.91 Å². The smallest absolute Gasteiger partial charge is 0.301 e. The van der Waals surface area contributed by atoms with E-state index in [-0.39, 0.29) is 5.57 Å². The molecule has 0 fully saturated rings. The van der Waals surface area contributed by atoms with Gasteiger partial charge < -0.3 is 14.6 Å². The molecule has 0 bridgehead atoms. The van der Waals surface area contributed by atoms with Crippen LogP contribution in [0.2, 0.25) is 0 Å². The van der Waals surface area contributed by atoms with Crippen LogP contribution in [0.4, 0.5) is 5.69 Å². The number of benzene rings is 2. The number of aliphatic hydroxyl groups is 1. The number of hydrogen-bond donors (Lipinski definition) is 1. The van der Waals surface area contributed by atoms with Gasteiger partial charge in [-0.1, -0.05) is 23.8 Å². The van der Waals surface area contributed by atoms with Crippen molar-refractivity contribution in [2.75, 3.05) is 19.1 Å². The summed E-state index contributed by atoms with van der Waals surface area (Å²) in [6.07, 6.45) is 0. The predicted molar refractivity (Wildman–Crippen MR) is 97.5 cm³/mol. The third-order valence-corrected chi connectivity index (χ3v) is 4.32. The summed E-state index contributed by atoms with van der Waals surface area (Å²) in [4.78, 5) is 26.5. The summed E-state index contributed by atoms with van der Waals surface area (Å²) in [5.74, 6) is -1.02. The largest absolute Gasteiger partial charge is 0.502 e. The highest BCUT2D eigenvalue weighted by molar-refractivity contribution is 6.45. The van der Waals surface area contributed by atoms with E-state index in [4.69, 9.17) is 9.47 Å². The number of amides is 2. The van der Waals surface area contributed by atoms with Crippen molar-refractivity contribution in [2.45, 2.75) is 13.8 Å². The van der Waals surface area contributed by atoms with Crippen molar-refractivity contribution < 1.29 is 24.2 Å². The van der Waals surface area contributed by atoms with E-state index in [2.05, 4.69) is 0 Å². The van der Waals surface area contributed by atoms with Crippen molar-refractivity contribution in [3.05, 3.63) is 58.8 Å². The lowest BCUT2D eigenvalue weighted by atomic mass is 10.0. The van der Waals surface area contributed by atoms with E-state index < -0.39 is 17.6 Å². The predicted octanol–water partition coefficient (Wildman–Crippen LogP) is 3.16. The molecule has 0 radical (unpaired) electrons. The molecule has 1 aliphatic heterocycles. The van der Waals surface area contributed by atoms with Crippen molar-refractivity contribution >= 4 is 23.1 Å². The molecular formula is C20H19NO5. The van der Waals surface area contributed by atoms with Gasteiger partial charge in [-0.2, -0.15) is 0 Å². The van der Waals surface area contributed by atoms with Crippen LogP contribution < -0.4 is 14.4 Å². The SMILES string of the molecule is COc1ccc(C2=C(O)C(=O)N(c3ccc(C)cc3C)C2=O)cc1OC. The fourth-order valence-electron chi connectivity index (χ4n) is 3.05. The van der Waals surface area contributed by atoms with Gasteiger partial charge in [0.05, 0.1) is 25.5 Å². The third kappa shape index (κ3) is 2.69. The Labute approximate surface area is 151 Å². The van der Waals surface area contributed by atoms with Gasteiger partial charge in [-0.25, -0.2) is 4.90 Å². The van der Waals surface area contributed by atoms with E-state index in [9.17, 15) is 14.7 Å². The number of anilines is 1. The first-order chi connectivity index (χ1) is 12.4. The Kier molecular flexibility index (Phi) is 4.42. The Balaban J connectivity index is 2.07. The van der Waals surface area contributed by atoms with E-state index in [1.54, 1.807) is 24.3 Å². The first-order valence-electron chi connectivity index (χ1n) is 8.00.